The van der Waals surface area contributed by atoms with Crippen LogP contribution in [0.15, 0.2) is 29.3 Å². The monoisotopic (exact) mass is 435 g/mol. The Hall–Kier alpha value is -2.80. The summed E-state index contributed by atoms with van der Waals surface area (Å²) in [5, 5.41) is 9.78. The Labute approximate surface area is 176 Å². The van der Waals surface area contributed by atoms with Crippen LogP contribution in [0.4, 0.5) is 18.9 Å². The van der Waals surface area contributed by atoms with Gasteiger partial charge in [-0.25, -0.2) is 9.97 Å². The van der Waals surface area contributed by atoms with Crippen molar-refractivity contribution in [1.82, 2.24) is 14.9 Å². The molecule has 158 valence electrons. The number of anilines is 1. The third kappa shape index (κ3) is 5.02. The number of hydrogen-bond acceptors (Lipinski definition) is 6. The van der Waals surface area contributed by atoms with E-state index >= 15 is 0 Å². The highest BCUT2D eigenvalue weighted by atomic mass is 32.2. The first-order chi connectivity index (χ1) is 14.2. The van der Waals surface area contributed by atoms with Gasteiger partial charge >= 0.3 is 6.18 Å². The highest BCUT2D eigenvalue weighted by Gasteiger charge is 2.31. The third-order valence-electron chi connectivity index (χ3n) is 4.78. The lowest BCUT2D eigenvalue weighted by Gasteiger charge is -2.36. The van der Waals surface area contributed by atoms with Gasteiger partial charge in [0.1, 0.15) is 22.5 Å². The number of carbonyl (C=O) groups excluding carboxylic acids is 1. The van der Waals surface area contributed by atoms with Crippen LogP contribution in [-0.2, 0) is 11.0 Å². The molecular weight excluding hydrogens is 415 g/mol. The predicted molar refractivity (Wildman–Crippen MR) is 107 cm³/mol. The number of rotatable bonds is 4. The van der Waals surface area contributed by atoms with Crippen LogP contribution in [0.3, 0.4) is 0 Å². The van der Waals surface area contributed by atoms with Crippen LogP contribution in [0.5, 0.6) is 0 Å². The highest BCUT2D eigenvalue weighted by molar-refractivity contribution is 8.00. The Morgan fingerprint density at radius 2 is 1.90 bits per heavy atom. The standard InChI is InChI=1S/C20H20F3N5OS/c1-13-17(11-24)19(26-14(2)25-13)30-12-18(29)28-8-6-27(7-9-28)16-5-3-4-15(10-16)20(21,22)23/h3-5,10H,6-9,12H2,1-2H3. The Kier molecular flexibility index (Phi) is 6.51. The van der Waals surface area contributed by atoms with Gasteiger partial charge in [0, 0.05) is 31.9 Å². The van der Waals surface area contributed by atoms with Crippen molar-refractivity contribution in [2.45, 2.75) is 25.0 Å². The molecule has 1 amide bonds. The number of alkyl halides is 3. The van der Waals surface area contributed by atoms with E-state index in [0.29, 0.717) is 54.0 Å². The van der Waals surface area contributed by atoms with Crippen molar-refractivity contribution in [2.75, 3.05) is 36.8 Å². The number of piperazine rings is 1. The molecule has 1 saturated heterocycles. The van der Waals surface area contributed by atoms with Crippen LogP contribution in [0.2, 0.25) is 0 Å². The molecule has 6 nitrogen and oxygen atoms in total. The number of benzene rings is 1. The van der Waals surface area contributed by atoms with Crippen LogP contribution < -0.4 is 4.90 Å². The molecular formula is C20H20F3N5OS. The summed E-state index contributed by atoms with van der Waals surface area (Å²) in [7, 11) is 0. The van der Waals surface area contributed by atoms with Crippen molar-refractivity contribution >= 4 is 23.4 Å². The van der Waals surface area contributed by atoms with Gasteiger partial charge in [-0.2, -0.15) is 18.4 Å². The van der Waals surface area contributed by atoms with E-state index in [9.17, 15) is 23.2 Å². The highest BCUT2D eigenvalue weighted by Crippen LogP contribution is 2.32. The van der Waals surface area contributed by atoms with Crippen LogP contribution in [0, 0.1) is 25.2 Å². The normalized spacial score (nSPS) is 14.5. The van der Waals surface area contributed by atoms with Gasteiger partial charge in [-0.1, -0.05) is 17.8 Å². The average molecular weight is 435 g/mol. The maximum atomic E-state index is 12.9. The van der Waals surface area contributed by atoms with Crippen molar-refractivity contribution in [3.05, 3.63) is 46.9 Å². The Morgan fingerprint density at radius 1 is 1.20 bits per heavy atom. The molecule has 1 aromatic heterocycles. The second-order valence-corrected chi connectivity index (χ2v) is 7.82. The van der Waals surface area contributed by atoms with E-state index in [1.54, 1.807) is 24.8 Å². The number of nitriles is 1. The number of hydrogen-bond donors (Lipinski definition) is 0. The minimum absolute atomic E-state index is 0.0958. The third-order valence-corrected chi connectivity index (χ3v) is 5.74. The van der Waals surface area contributed by atoms with Crippen LogP contribution in [-0.4, -0.2) is 52.7 Å². The van der Waals surface area contributed by atoms with Crippen molar-refractivity contribution in [1.29, 1.82) is 5.26 Å². The van der Waals surface area contributed by atoms with E-state index in [0.717, 1.165) is 12.1 Å². The fraction of sp³-hybridized carbons (Fsp3) is 0.400. The molecule has 10 heteroatoms. The van der Waals surface area contributed by atoms with Crippen molar-refractivity contribution in [2.24, 2.45) is 0 Å². The van der Waals surface area contributed by atoms with Gasteiger partial charge in [0.15, 0.2) is 0 Å². The molecule has 30 heavy (non-hydrogen) atoms. The molecule has 0 bridgehead atoms. The van der Waals surface area contributed by atoms with E-state index in [4.69, 9.17) is 0 Å². The number of halogens is 3. The van der Waals surface area contributed by atoms with Gasteiger partial charge in [-0.05, 0) is 32.0 Å². The van der Waals surface area contributed by atoms with Crippen LogP contribution in [0.25, 0.3) is 0 Å². The second kappa shape index (κ2) is 8.92. The van der Waals surface area contributed by atoms with Gasteiger partial charge < -0.3 is 9.80 Å². The summed E-state index contributed by atoms with van der Waals surface area (Å²) in [4.78, 5) is 24.5. The number of aromatic nitrogens is 2. The predicted octanol–water partition coefficient (Wildman–Crippen LogP) is 3.42. The first kappa shape index (κ1) is 21.9. The van der Waals surface area contributed by atoms with E-state index in [-0.39, 0.29) is 11.7 Å². The summed E-state index contributed by atoms with van der Waals surface area (Å²) in [5.41, 5.74) is 0.762. The van der Waals surface area contributed by atoms with E-state index in [1.165, 1.54) is 17.8 Å². The second-order valence-electron chi connectivity index (χ2n) is 6.85. The molecule has 0 N–H and O–H groups in total. The lowest BCUT2D eigenvalue weighted by Crippen LogP contribution is -2.49. The lowest BCUT2D eigenvalue weighted by molar-refractivity contribution is -0.137. The molecule has 0 spiro atoms. The summed E-state index contributed by atoms with van der Waals surface area (Å²) in [5.74, 6) is 0.575. The number of thioether (sulfide) groups is 1. The van der Waals surface area contributed by atoms with E-state index < -0.39 is 11.7 Å². The Bertz CT molecular complexity index is 981. The van der Waals surface area contributed by atoms with Gasteiger partial charge in [-0.3, -0.25) is 4.79 Å². The molecule has 1 aromatic carbocycles. The Morgan fingerprint density at radius 3 is 2.53 bits per heavy atom. The largest absolute Gasteiger partial charge is 0.416 e. The summed E-state index contributed by atoms with van der Waals surface area (Å²) >= 11 is 1.20. The summed E-state index contributed by atoms with van der Waals surface area (Å²) in [6.45, 7) is 5.20. The lowest BCUT2D eigenvalue weighted by atomic mass is 10.1. The molecule has 1 aliphatic heterocycles. The fourth-order valence-electron chi connectivity index (χ4n) is 3.23. The van der Waals surface area contributed by atoms with Crippen molar-refractivity contribution < 1.29 is 18.0 Å². The van der Waals surface area contributed by atoms with E-state index in [1.807, 2.05) is 4.90 Å². The number of nitrogens with zero attached hydrogens (tertiary/aromatic N) is 5. The molecule has 0 saturated carbocycles. The summed E-state index contributed by atoms with van der Waals surface area (Å²) in [6.07, 6.45) is -4.38. The van der Waals surface area contributed by atoms with Crippen molar-refractivity contribution in [3.63, 3.8) is 0 Å². The van der Waals surface area contributed by atoms with Gasteiger partial charge in [-0.15, -0.1) is 0 Å². The molecule has 0 atom stereocenters. The fourth-order valence-corrected chi connectivity index (χ4v) is 4.21. The van der Waals surface area contributed by atoms with E-state index in [2.05, 4.69) is 16.0 Å². The maximum absolute atomic E-state index is 12.9. The molecule has 1 fully saturated rings. The zero-order valence-corrected chi connectivity index (χ0v) is 17.3. The van der Waals surface area contributed by atoms with Crippen molar-refractivity contribution in [3.8, 4) is 6.07 Å². The zero-order chi connectivity index (χ0) is 21.9. The van der Waals surface area contributed by atoms with Gasteiger partial charge in [0.05, 0.1) is 17.0 Å². The number of aryl methyl sites for hydroxylation is 2. The first-order valence-corrected chi connectivity index (χ1v) is 10.3. The summed E-state index contributed by atoms with van der Waals surface area (Å²) in [6, 6.07) is 7.30. The van der Waals surface area contributed by atoms with Gasteiger partial charge in [0.25, 0.3) is 0 Å². The summed E-state index contributed by atoms with van der Waals surface area (Å²) < 4.78 is 38.8. The Balaban J connectivity index is 1.58. The number of amides is 1. The van der Waals surface area contributed by atoms with Gasteiger partial charge in [0.2, 0.25) is 5.91 Å². The molecule has 0 unspecified atom stereocenters. The molecule has 0 aliphatic carbocycles. The van der Waals surface area contributed by atoms with Crippen LogP contribution in [0.1, 0.15) is 22.6 Å². The molecule has 0 radical (unpaired) electrons. The maximum Gasteiger partial charge on any atom is 0.416 e. The molecule has 3 rings (SSSR count). The smallest absolute Gasteiger partial charge is 0.368 e. The molecule has 1 aliphatic rings. The van der Waals surface area contributed by atoms with Crippen LogP contribution >= 0.6 is 11.8 Å². The molecule has 2 aromatic rings. The minimum Gasteiger partial charge on any atom is -0.368 e. The first-order valence-electron chi connectivity index (χ1n) is 9.27. The average Bonchev–Trinajstić information content (AvgIpc) is 2.71. The SMILES string of the molecule is Cc1nc(C)c(C#N)c(SCC(=O)N2CCN(c3cccc(C(F)(F)F)c3)CC2)n1. The minimum atomic E-state index is -4.38. The topological polar surface area (TPSA) is 73.1 Å². The molecule has 2 heterocycles. The zero-order valence-electron chi connectivity index (χ0n) is 16.5. The quantitative estimate of drug-likeness (QED) is 0.541. The number of carbonyl (C=O) groups is 1.